The first-order valence-corrected chi connectivity index (χ1v) is 9.17. The van der Waals surface area contributed by atoms with Gasteiger partial charge in [-0.2, -0.15) is 0 Å². The van der Waals surface area contributed by atoms with Crippen LogP contribution in [0.5, 0.6) is 5.75 Å². The van der Waals surface area contributed by atoms with Crippen molar-refractivity contribution in [2.45, 2.75) is 39.2 Å². The lowest BCUT2D eigenvalue weighted by molar-refractivity contribution is 0.0245. The molecular formula is C20H29FN2O4. The van der Waals surface area contributed by atoms with Gasteiger partial charge in [0.2, 0.25) is 0 Å². The highest BCUT2D eigenvalue weighted by molar-refractivity contribution is 5.97. The Hall–Kier alpha value is -2.31. The van der Waals surface area contributed by atoms with Crippen molar-refractivity contribution in [1.82, 2.24) is 9.80 Å². The number of ether oxygens (including phenoxy) is 2. The summed E-state index contributed by atoms with van der Waals surface area (Å²) in [6, 6.07) is 3.95. The Morgan fingerprint density at radius 3 is 2.44 bits per heavy atom. The van der Waals surface area contributed by atoms with Gasteiger partial charge in [0.25, 0.3) is 5.91 Å². The molecule has 0 atom stereocenters. The molecule has 6 nitrogen and oxygen atoms in total. The third-order valence-corrected chi connectivity index (χ3v) is 4.53. The number of amides is 2. The molecule has 1 aliphatic rings. The molecule has 0 unspecified atom stereocenters. The number of benzene rings is 1. The third kappa shape index (κ3) is 5.84. The van der Waals surface area contributed by atoms with Crippen LogP contribution in [0, 0.1) is 11.7 Å². The Labute approximate surface area is 160 Å². The van der Waals surface area contributed by atoms with Crippen LogP contribution in [0.15, 0.2) is 18.2 Å². The van der Waals surface area contributed by atoms with E-state index in [9.17, 15) is 14.0 Å². The summed E-state index contributed by atoms with van der Waals surface area (Å²) in [7, 11) is 3.19. The number of methoxy groups -OCH3 is 1. The normalized spacial score (nSPS) is 15.4. The van der Waals surface area contributed by atoms with Gasteiger partial charge < -0.3 is 19.3 Å². The molecule has 1 aromatic rings. The molecule has 1 aliphatic heterocycles. The van der Waals surface area contributed by atoms with Gasteiger partial charge in [-0.1, -0.05) is 0 Å². The van der Waals surface area contributed by atoms with Gasteiger partial charge in [0, 0.05) is 26.7 Å². The number of piperidine rings is 1. The maximum absolute atomic E-state index is 13.5. The molecule has 0 spiro atoms. The van der Waals surface area contributed by atoms with E-state index in [4.69, 9.17) is 9.47 Å². The van der Waals surface area contributed by atoms with Gasteiger partial charge in [-0.25, -0.2) is 9.18 Å². The van der Waals surface area contributed by atoms with Gasteiger partial charge in [-0.05, 0) is 57.7 Å². The zero-order chi connectivity index (χ0) is 20.2. The molecule has 1 aromatic carbocycles. The van der Waals surface area contributed by atoms with Crippen LogP contribution >= 0.6 is 0 Å². The monoisotopic (exact) mass is 380 g/mol. The van der Waals surface area contributed by atoms with Gasteiger partial charge >= 0.3 is 6.09 Å². The van der Waals surface area contributed by atoms with Crippen LogP contribution in [0.25, 0.3) is 0 Å². The van der Waals surface area contributed by atoms with E-state index in [1.165, 1.54) is 25.3 Å². The summed E-state index contributed by atoms with van der Waals surface area (Å²) < 4.78 is 24.1. The minimum atomic E-state index is -0.523. The molecule has 0 radical (unpaired) electrons. The zero-order valence-electron chi connectivity index (χ0n) is 16.8. The molecule has 0 N–H and O–H groups in total. The summed E-state index contributed by atoms with van der Waals surface area (Å²) >= 11 is 0. The van der Waals surface area contributed by atoms with Crippen LogP contribution in [-0.2, 0) is 4.74 Å². The Balaban J connectivity index is 1.91. The number of nitrogens with zero attached hydrogens (tertiary/aromatic N) is 2. The maximum Gasteiger partial charge on any atom is 0.410 e. The van der Waals surface area contributed by atoms with Crippen molar-refractivity contribution in [3.63, 3.8) is 0 Å². The fourth-order valence-corrected chi connectivity index (χ4v) is 3.14. The van der Waals surface area contributed by atoms with E-state index < -0.39 is 11.4 Å². The summed E-state index contributed by atoms with van der Waals surface area (Å²) in [5, 5.41) is 0. The van der Waals surface area contributed by atoms with Crippen LogP contribution in [0.3, 0.4) is 0 Å². The first kappa shape index (κ1) is 21.0. The van der Waals surface area contributed by atoms with E-state index in [2.05, 4.69) is 0 Å². The fraction of sp³-hybridized carbons (Fsp3) is 0.600. The largest absolute Gasteiger partial charge is 0.496 e. The quantitative estimate of drug-likeness (QED) is 0.801. The topological polar surface area (TPSA) is 59.1 Å². The number of rotatable bonds is 4. The third-order valence-electron chi connectivity index (χ3n) is 4.53. The average Bonchev–Trinajstić information content (AvgIpc) is 2.60. The lowest BCUT2D eigenvalue weighted by Crippen LogP contribution is -2.43. The van der Waals surface area contributed by atoms with Crippen molar-refractivity contribution in [1.29, 1.82) is 0 Å². The van der Waals surface area contributed by atoms with Crippen LogP contribution in [0.4, 0.5) is 9.18 Å². The fourth-order valence-electron chi connectivity index (χ4n) is 3.14. The minimum absolute atomic E-state index is 0.231. The molecule has 0 aliphatic carbocycles. The van der Waals surface area contributed by atoms with E-state index >= 15 is 0 Å². The summed E-state index contributed by atoms with van der Waals surface area (Å²) in [4.78, 5) is 28.1. The Bertz CT molecular complexity index is 679. The number of likely N-dealkylation sites (tertiary alicyclic amines) is 1. The zero-order valence-corrected chi connectivity index (χ0v) is 16.8. The second-order valence-corrected chi connectivity index (χ2v) is 7.94. The molecule has 150 valence electrons. The standard InChI is InChI=1S/C20H29FN2O4/c1-20(2,3)27-19(25)22(4)13-14-8-10-23(11-9-14)18(24)16-12-15(21)6-7-17(16)26-5/h6-7,12,14H,8-11,13H2,1-5H3. The van der Waals surface area contributed by atoms with E-state index in [0.717, 1.165) is 12.8 Å². The van der Waals surface area contributed by atoms with E-state index in [1.807, 2.05) is 20.8 Å². The van der Waals surface area contributed by atoms with Crippen molar-refractivity contribution >= 4 is 12.0 Å². The molecule has 7 heteroatoms. The van der Waals surface area contributed by atoms with Crippen molar-refractivity contribution in [2.24, 2.45) is 5.92 Å². The highest BCUT2D eigenvalue weighted by Gasteiger charge is 2.28. The SMILES string of the molecule is COc1ccc(F)cc1C(=O)N1CCC(CN(C)C(=O)OC(C)(C)C)CC1. The summed E-state index contributed by atoms with van der Waals surface area (Å²) in [6.45, 7) is 7.22. The smallest absolute Gasteiger partial charge is 0.410 e. The van der Waals surface area contributed by atoms with Crippen molar-refractivity contribution < 1.29 is 23.5 Å². The van der Waals surface area contributed by atoms with Crippen molar-refractivity contribution in [2.75, 3.05) is 33.8 Å². The second kappa shape index (κ2) is 8.59. The van der Waals surface area contributed by atoms with Crippen LogP contribution < -0.4 is 4.74 Å². The van der Waals surface area contributed by atoms with Crippen LogP contribution in [-0.4, -0.2) is 61.2 Å². The van der Waals surface area contributed by atoms with E-state index in [1.54, 1.807) is 16.8 Å². The molecule has 1 fully saturated rings. The van der Waals surface area contributed by atoms with Gasteiger partial charge in [0.1, 0.15) is 17.2 Å². The number of halogens is 1. The second-order valence-electron chi connectivity index (χ2n) is 7.94. The van der Waals surface area contributed by atoms with Gasteiger partial charge in [0.05, 0.1) is 12.7 Å². The predicted molar refractivity (Wildman–Crippen MR) is 100 cm³/mol. The summed E-state index contributed by atoms with van der Waals surface area (Å²) in [5.74, 6) is -0.0347. The molecule has 27 heavy (non-hydrogen) atoms. The lowest BCUT2D eigenvalue weighted by atomic mass is 9.95. The Morgan fingerprint density at radius 1 is 1.26 bits per heavy atom. The molecule has 0 saturated carbocycles. The van der Waals surface area contributed by atoms with Crippen LogP contribution in [0.1, 0.15) is 44.0 Å². The first-order valence-electron chi connectivity index (χ1n) is 9.17. The number of hydrogen-bond donors (Lipinski definition) is 0. The van der Waals surface area contributed by atoms with Gasteiger partial charge in [0.15, 0.2) is 0 Å². The minimum Gasteiger partial charge on any atom is -0.496 e. The van der Waals surface area contributed by atoms with Crippen molar-refractivity contribution in [3.05, 3.63) is 29.6 Å². The maximum atomic E-state index is 13.5. The van der Waals surface area contributed by atoms with E-state index in [0.29, 0.717) is 31.3 Å². The molecular weight excluding hydrogens is 351 g/mol. The van der Waals surface area contributed by atoms with Crippen molar-refractivity contribution in [3.8, 4) is 5.75 Å². The summed E-state index contributed by atoms with van der Waals surface area (Å²) in [5.41, 5.74) is -0.285. The molecule has 0 bridgehead atoms. The van der Waals surface area contributed by atoms with Gasteiger partial charge in [-0.15, -0.1) is 0 Å². The van der Waals surface area contributed by atoms with Crippen LogP contribution in [0.2, 0.25) is 0 Å². The predicted octanol–water partition coefficient (Wildman–Crippen LogP) is 3.55. The van der Waals surface area contributed by atoms with E-state index in [-0.39, 0.29) is 17.6 Å². The highest BCUT2D eigenvalue weighted by Crippen LogP contribution is 2.25. The molecule has 1 heterocycles. The first-order chi connectivity index (χ1) is 12.6. The van der Waals surface area contributed by atoms with Gasteiger partial charge in [-0.3, -0.25) is 4.79 Å². The molecule has 0 aromatic heterocycles. The number of carbonyl (C=O) groups excluding carboxylic acids is 2. The number of carbonyl (C=O) groups is 2. The Kier molecular flexibility index (Phi) is 6.68. The highest BCUT2D eigenvalue weighted by atomic mass is 19.1. The molecule has 1 saturated heterocycles. The Morgan fingerprint density at radius 2 is 1.89 bits per heavy atom. The molecule has 2 rings (SSSR count). The number of hydrogen-bond acceptors (Lipinski definition) is 4. The summed E-state index contributed by atoms with van der Waals surface area (Å²) in [6.07, 6.45) is 1.21. The lowest BCUT2D eigenvalue weighted by Gasteiger charge is -2.34. The molecule has 2 amide bonds. The average molecular weight is 380 g/mol.